The van der Waals surface area contributed by atoms with Crippen LogP contribution in [-0.2, 0) is 14.3 Å². The molecular weight excluding hydrogens is 284 g/mol. The lowest BCUT2D eigenvalue weighted by Gasteiger charge is -2.42. The van der Waals surface area contributed by atoms with Gasteiger partial charge in [-0.15, -0.1) is 0 Å². The first-order valence-electron chi connectivity index (χ1n) is 7.90. The van der Waals surface area contributed by atoms with Crippen LogP contribution in [0.2, 0.25) is 0 Å². The smallest absolute Gasteiger partial charge is 0.410 e. The Morgan fingerprint density at radius 3 is 2.41 bits per heavy atom. The molecule has 128 valence electrons. The van der Waals surface area contributed by atoms with Crippen molar-refractivity contribution >= 4 is 12.0 Å². The molecule has 0 N–H and O–H groups in total. The summed E-state index contributed by atoms with van der Waals surface area (Å²) in [4.78, 5) is 27.2. The number of carbonyl (C=O) groups is 2. The van der Waals surface area contributed by atoms with Crippen LogP contribution in [0.4, 0.5) is 4.79 Å². The van der Waals surface area contributed by atoms with Gasteiger partial charge in [0.15, 0.2) is 0 Å². The summed E-state index contributed by atoms with van der Waals surface area (Å²) in [6, 6.07) is 0. The highest BCUT2D eigenvalue weighted by Crippen LogP contribution is 2.29. The van der Waals surface area contributed by atoms with Crippen molar-refractivity contribution in [1.82, 2.24) is 9.80 Å². The third-order valence-electron chi connectivity index (χ3n) is 3.84. The number of ether oxygens (including phenoxy) is 2. The summed E-state index contributed by atoms with van der Waals surface area (Å²) in [5.74, 6) is -0.0674. The highest BCUT2D eigenvalue weighted by atomic mass is 16.6. The number of rotatable bonds is 4. The summed E-state index contributed by atoms with van der Waals surface area (Å²) in [5, 5.41) is 0. The number of hydrogen-bond acceptors (Lipinski definition) is 4. The number of piperidine rings is 1. The molecule has 0 aromatic rings. The Morgan fingerprint density at radius 2 is 1.91 bits per heavy atom. The number of amides is 2. The van der Waals surface area contributed by atoms with Gasteiger partial charge in [0, 0.05) is 20.6 Å². The normalized spacial score (nSPS) is 22.4. The van der Waals surface area contributed by atoms with Crippen LogP contribution in [0.15, 0.2) is 0 Å². The van der Waals surface area contributed by atoms with Crippen molar-refractivity contribution in [2.45, 2.75) is 58.2 Å². The molecule has 0 aromatic carbocycles. The summed E-state index contributed by atoms with van der Waals surface area (Å²) in [7, 11) is 3.41. The molecule has 2 amide bonds. The lowest BCUT2D eigenvalue weighted by atomic mass is 9.90. The summed E-state index contributed by atoms with van der Waals surface area (Å²) >= 11 is 0. The number of likely N-dealkylation sites (N-methyl/N-ethyl adjacent to an activating group) is 1. The van der Waals surface area contributed by atoms with E-state index in [0.717, 1.165) is 19.3 Å². The van der Waals surface area contributed by atoms with Crippen LogP contribution in [0.25, 0.3) is 0 Å². The molecule has 1 aliphatic rings. The maximum atomic E-state index is 12.2. The lowest BCUT2D eigenvalue weighted by molar-refractivity contribution is -0.146. The maximum Gasteiger partial charge on any atom is 0.410 e. The van der Waals surface area contributed by atoms with Crippen LogP contribution >= 0.6 is 0 Å². The van der Waals surface area contributed by atoms with Crippen molar-refractivity contribution in [3.63, 3.8) is 0 Å². The predicted octanol–water partition coefficient (Wildman–Crippen LogP) is 2.27. The van der Waals surface area contributed by atoms with Gasteiger partial charge in [-0.1, -0.05) is 6.92 Å². The van der Waals surface area contributed by atoms with E-state index >= 15 is 0 Å². The Morgan fingerprint density at radius 1 is 1.27 bits per heavy atom. The summed E-state index contributed by atoms with van der Waals surface area (Å²) in [6.45, 7) is 8.78. The van der Waals surface area contributed by atoms with Crippen LogP contribution in [0.3, 0.4) is 0 Å². The van der Waals surface area contributed by atoms with E-state index in [0.29, 0.717) is 13.1 Å². The van der Waals surface area contributed by atoms with Gasteiger partial charge < -0.3 is 19.3 Å². The van der Waals surface area contributed by atoms with E-state index in [1.165, 1.54) is 4.90 Å². The minimum atomic E-state index is -0.509. The van der Waals surface area contributed by atoms with Crippen molar-refractivity contribution in [2.24, 2.45) is 0 Å². The zero-order valence-electron chi connectivity index (χ0n) is 14.8. The number of hydrogen-bond donors (Lipinski definition) is 0. The van der Waals surface area contributed by atoms with Crippen molar-refractivity contribution < 1.29 is 19.1 Å². The van der Waals surface area contributed by atoms with E-state index < -0.39 is 11.2 Å². The molecular formula is C16H30N2O4. The lowest BCUT2D eigenvalue weighted by Crippen LogP contribution is -2.53. The van der Waals surface area contributed by atoms with Crippen LogP contribution < -0.4 is 0 Å². The number of likely N-dealkylation sites (tertiary alicyclic amines) is 1. The molecule has 0 radical (unpaired) electrons. The van der Waals surface area contributed by atoms with E-state index in [-0.39, 0.29) is 18.6 Å². The predicted molar refractivity (Wildman–Crippen MR) is 84.7 cm³/mol. The largest absolute Gasteiger partial charge is 0.444 e. The fraction of sp³-hybridized carbons (Fsp3) is 0.875. The van der Waals surface area contributed by atoms with E-state index in [2.05, 4.69) is 0 Å². The SMILES string of the molecule is CCC1(OCC(=O)N(C)C)CCCN(C(=O)OC(C)(C)C)C1. The fourth-order valence-electron chi connectivity index (χ4n) is 2.43. The van der Waals surface area contributed by atoms with Crippen LogP contribution in [0.5, 0.6) is 0 Å². The van der Waals surface area contributed by atoms with Crippen molar-refractivity contribution in [3.8, 4) is 0 Å². The van der Waals surface area contributed by atoms with Gasteiger partial charge in [-0.3, -0.25) is 4.79 Å². The van der Waals surface area contributed by atoms with Gasteiger partial charge in [0.1, 0.15) is 12.2 Å². The Kier molecular flexibility index (Phi) is 6.23. The molecule has 0 spiro atoms. The molecule has 1 heterocycles. The molecule has 1 aliphatic heterocycles. The minimum Gasteiger partial charge on any atom is -0.444 e. The first-order valence-corrected chi connectivity index (χ1v) is 7.90. The zero-order valence-corrected chi connectivity index (χ0v) is 14.8. The molecule has 0 aliphatic carbocycles. The topological polar surface area (TPSA) is 59.1 Å². The van der Waals surface area contributed by atoms with Gasteiger partial charge in [-0.2, -0.15) is 0 Å². The molecule has 1 fully saturated rings. The highest BCUT2D eigenvalue weighted by Gasteiger charge is 2.38. The third kappa shape index (κ3) is 5.48. The van der Waals surface area contributed by atoms with Crippen LogP contribution in [-0.4, -0.2) is 66.8 Å². The van der Waals surface area contributed by atoms with Gasteiger partial charge in [-0.05, 0) is 40.0 Å². The van der Waals surface area contributed by atoms with Crippen molar-refractivity contribution in [3.05, 3.63) is 0 Å². The Hall–Kier alpha value is -1.30. The summed E-state index contributed by atoms with van der Waals surface area (Å²) in [5.41, 5.74) is -0.966. The second kappa shape index (κ2) is 7.31. The first-order chi connectivity index (χ1) is 10.1. The third-order valence-corrected chi connectivity index (χ3v) is 3.84. The van der Waals surface area contributed by atoms with Crippen LogP contribution in [0.1, 0.15) is 47.0 Å². The van der Waals surface area contributed by atoms with Gasteiger partial charge in [0.25, 0.3) is 0 Å². The molecule has 1 unspecified atom stereocenters. The van der Waals surface area contributed by atoms with Gasteiger partial charge in [0.2, 0.25) is 5.91 Å². The molecule has 0 bridgehead atoms. The number of carbonyl (C=O) groups excluding carboxylic acids is 2. The monoisotopic (exact) mass is 314 g/mol. The molecule has 6 heteroatoms. The van der Waals surface area contributed by atoms with E-state index in [9.17, 15) is 9.59 Å². The van der Waals surface area contributed by atoms with E-state index in [1.54, 1.807) is 19.0 Å². The Balaban J connectivity index is 2.68. The van der Waals surface area contributed by atoms with E-state index in [1.807, 2.05) is 27.7 Å². The molecule has 22 heavy (non-hydrogen) atoms. The molecule has 1 rings (SSSR count). The summed E-state index contributed by atoms with van der Waals surface area (Å²) < 4.78 is 11.3. The van der Waals surface area contributed by atoms with Gasteiger partial charge in [0.05, 0.1) is 12.1 Å². The maximum absolute atomic E-state index is 12.2. The molecule has 1 saturated heterocycles. The Bertz CT molecular complexity index is 403. The zero-order chi connectivity index (χ0) is 17.0. The minimum absolute atomic E-state index is 0.0446. The Labute approximate surface area is 133 Å². The molecule has 0 aromatic heterocycles. The van der Waals surface area contributed by atoms with Crippen molar-refractivity contribution in [2.75, 3.05) is 33.8 Å². The molecule has 0 saturated carbocycles. The fourth-order valence-corrected chi connectivity index (χ4v) is 2.43. The highest BCUT2D eigenvalue weighted by molar-refractivity contribution is 5.76. The van der Waals surface area contributed by atoms with E-state index in [4.69, 9.17) is 9.47 Å². The average Bonchev–Trinajstić information content (AvgIpc) is 2.43. The van der Waals surface area contributed by atoms with Crippen molar-refractivity contribution in [1.29, 1.82) is 0 Å². The van der Waals surface area contributed by atoms with Crippen LogP contribution in [0, 0.1) is 0 Å². The summed E-state index contributed by atoms with van der Waals surface area (Å²) in [6.07, 6.45) is 2.15. The average molecular weight is 314 g/mol. The van der Waals surface area contributed by atoms with Gasteiger partial charge in [-0.25, -0.2) is 4.79 Å². The first kappa shape index (κ1) is 18.7. The second-order valence-electron chi connectivity index (χ2n) is 7.12. The molecule has 6 nitrogen and oxygen atoms in total. The molecule has 1 atom stereocenters. The number of nitrogens with zero attached hydrogens (tertiary/aromatic N) is 2. The standard InChI is InChI=1S/C16H30N2O4/c1-7-16(21-11-13(19)17(5)6)9-8-10-18(12-16)14(20)22-15(2,3)4/h7-12H2,1-6H3. The van der Waals surface area contributed by atoms with Gasteiger partial charge >= 0.3 is 6.09 Å². The second-order valence-corrected chi connectivity index (χ2v) is 7.12. The quantitative estimate of drug-likeness (QED) is 0.799.